The summed E-state index contributed by atoms with van der Waals surface area (Å²) in [6.07, 6.45) is 2.43. The Hall–Kier alpha value is -1.39. The van der Waals surface area contributed by atoms with E-state index in [9.17, 15) is 4.79 Å². The lowest BCUT2D eigenvalue weighted by atomic mass is 10.2. The molecule has 0 aromatic heterocycles. The third-order valence-electron chi connectivity index (χ3n) is 3.04. The molecule has 1 fully saturated rings. The standard InChI is InChI=1S/C13H19N3O/c1-16(12-6-7-12)9-13(17)15-11-4-2-10(8-14)3-5-11/h2-5,12H,6-9,14H2,1H3,(H,15,17). The normalized spacial score (nSPS) is 15.0. The van der Waals surface area contributed by atoms with E-state index in [1.807, 2.05) is 31.3 Å². The second-order valence-corrected chi connectivity index (χ2v) is 4.60. The molecular weight excluding hydrogens is 214 g/mol. The second kappa shape index (κ2) is 5.29. The van der Waals surface area contributed by atoms with Gasteiger partial charge in [-0.25, -0.2) is 0 Å². The molecule has 0 atom stereocenters. The van der Waals surface area contributed by atoms with Crippen LogP contribution in [0.1, 0.15) is 18.4 Å². The number of rotatable bonds is 5. The molecule has 92 valence electrons. The maximum Gasteiger partial charge on any atom is 0.238 e. The van der Waals surface area contributed by atoms with Gasteiger partial charge in [0, 0.05) is 18.3 Å². The van der Waals surface area contributed by atoms with E-state index in [-0.39, 0.29) is 5.91 Å². The van der Waals surface area contributed by atoms with Crippen LogP contribution in [0.15, 0.2) is 24.3 Å². The highest BCUT2D eigenvalue weighted by Gasteiger charge is 2.27. The van der Waals surface area contributed by atoms with Gasteiger partial charge in [0.05, 0.1) is 6.54 Å². The third kappa shape index (κ3) is 3.54. The van der Waals surface area contributed by atoms with Gasteiger partial charge in [0.25, 0.3) is 0 Å². The van der Waals surface area contributed by atoms with Gasteiger partial charge in [0.15, 0.2) is 0 Å². The number of anilines is 1. The molecule has 1 aliphatic rings. The predicted molar refractivity (Wildman–Crippen MR) is 68.6 cm³/mol. The zero-order valence-electron chi connectivity index (χ0n) is 10.1. The number of nitrogens with two attached hydrogens (primary N) is 1. The molecule has 1 amide bonds. The molecule has 1 aromatic carbocycles. The van der Waals surface area contributed by atoms with Crippen LogP contribution in [0.4, 0.5) is 5.69 Å². The summed E-state index contributed by atoms with van der Waals surface area (Å²) in [6, 6.07) is 8.25. The van der Waals surface area contributed by atoms with Gasteiger partial charge in [-0.2, -0.15) is 0 Å². The average Bonchev–Trinajstić information content (AvgIpc) is 3.13. The molecular formula is C13H19N3O. The maximum atomic E-state index is 11.7. The molecule has 1 aliphatic carbocycles. The van der Waals surface area contributed by atoms with Gasteiger partial charge in [-0.15, -0.1) is 0 Å². The fraction of sp³-hybridized carbons (Fsp3) is 0.462. The van der Waals surface area contributed by atoms with Crippen LogP contribution in [0.2, 0.25) is 0 Å². The van der Waals surface area contributed by atoms with Crippen molar-refractivity contribution >= 4 is 11.6 Å². The molecule has 0 heterocycles. The third-order valence-corrected chi connectivity index (χ3v) is 3.04. The van der Waals surface area contributed by atoms with Crippen molar-refractivity contribution in [1.82, 2.24) is 4.90 Å². The number of hydrogen-bond acceptors (Lipinski definition) is 3. The molecule has 0 bridgehead atoms. The lowest BCUT2D eigenvalue weighted by Gasteiger charge is -2.15. The van der Waals surface area contributed by atoms with Gasteiger partial charge in [0.1, 0.15) is 0 Å². The van der Waals surface area contributed by atoms with Gasteiger partial charge in [-0.05, 0) is 37.6 Å². The van der Waals surface area contributed by atoms with Crippen molar-refractivity contribution in [1.29, 1.82) is 0 Å². The van der Waals surface area contributed by atoms with Gasteiger partial charge >= 0.3 is 0 Å². The van der Waals surface area contributed by atoms with Crippen LogP contribution in [0.3, 0.4) is 0 Å². The van der Waals surface area contributed by atoms with Gasteiger partial charge in [-0.3, -0.25) is 9.69 Å². The summed E-state index contributed by atoms with van der Waals surface area (Å²) in [4.78, 5) is 13.8. The second-order valence-electron chi connectivity index (χ2n) is 4.60. The van der Waals surface area contributed by atoms with Crippen LogP contribution in [-0.4, -0.2) is 30.4 Å². The van der Waals surface area contributed by atoms with Crippen LogP contribution in [0, 0.1) is 0 Å². The van der Waals surface area contributed by atoms with Crippen LogP contribution >= 0.6 is 0 Å². The minimum absolute atomic E-state index is 0.0416. The lowest BCUT2D eigenvalue weighted by molar-refractivity contribution is -0.117. The fourth-order valence-corrected chi connectivity index (χ4v) is 1.80. The number of hydrogen-bond donors (Lipinski definition) is 2. The van der Waals surface area contributed by atoms with E-state index in [0.29, 0.717) is 19.1 Å². The predicted octanol–water partition coefficient (Wildman–Crippen LogP) is 1.18. The Morgan fingerprint density at radius 2 is 2.06 bits per heavy atom. The first kappa shape index (κ1) is 12.1. The zero-order chi connectivity index (χ0) is 12.3. The van der Waals surface area contributed by atoms with E-state index in [2.05, 4.69) is 10.2 Å². The number of benzene rings is 1. The van der Waals surface area contributed by atoms with Gasteiger partial charge in [0.2, 0.25) is 5.91 Å². The van der Waals surface area contributed by atoms with E-state index in [1.165, 1.54) is 12.8 Å². The molecule has 2 rings (SSSR count). The molecule has 3 N–H and O–H groups in total. The smallest absolute Gasteiger partial charge is 0.238 e. The summed E-state index contributed by atoms with van der Waals surface area (Å²) in [5, 5.41) is 2.89. The van der Waals surface area contributed by atoms with Crippen molar-refractivity contribution in [3.63, 3.8) is 0 Å². The van der Waals surface area contributed by atoms with E-state index >= 15 is 0 Å². The molecule has 4 nitrogen and oxygen atoms in total. The molecule has 17 heavy (non-hydrogen) atoms. The largest absolute Gasteiger partial charge is 0.326 e. The van der Waals surface area contributed by atoms with Crippen molar-refractivity contribution in [3.05, 3.63) is 29.8 Å². The topological polar surface area (TPSA) is 58.4 Å². The number of carbonyl (C=O) groups is 1. The molecule has 0 aliphatic heterocycles. The van der Waals surface area contributed by atoms with Crippen molar-refractivity contribution in [2.24, 2.45) is 5.73 Å². The highest BCUT2D eigenvalue weighted by molar-refractivity contribution is 5.92. The summed E-state index contributed by atoms with van der Waals surface area (Å²) in [6.45, 7) is 0.988. The summed E-state index contributed by atoms with van der Waals surface area (Å²) in [5.74, 6) is 0.0416. The monoisotopic (exact) mass is 233 g/mol. The average molecular weight is 233 g/mol. The minimum Gasteiger partial charge on any atom is -0.326 e. The highest BCUT2D eigenvalue weighted by atomic mass is 16.2. The zero-order valence-corrected chi connectivity index (χ0v) is 10.1. The van der Waals surface area contributed by atoms with Crippen molar-refractivity contribution in [2.75, 3.05) is 18.9 Å². The Morgan fingerprint density at radius 1 is 1.41 bits per heavy atom. The summed E-state index contributed by atoms with van der Waals surface area (Å²) >= 11 is 0. The molecule has 0 spiro atoms. The van der Waals surface area contributed by atoms with Gasteiger partial charge in [-0.1, -0.05) is 12.1 Å². The molecule has 0 radical (unpaired) electrons. The van der Waals surface area contributed by atoms with E-state index in [1.54, 1.807) is 0 Å². The van der Waals surface area contributed by atoms with Crippen LogP contribution in [-0.2, 0) is 11.3 Å². The fourth-order valence-electron chi connectivity index (χ4n) is 1.80. The summed E-state index contributed by atoms with van der Waals surface area (Å²) in [5.41, 5.74) is 7.41. The first-order valence-electron chi connectivity index (χ1n) is 5.98. The van der Waals surface area contributed by atoms with Crippen LogP contribution < -0.4 is 11.1 Å². The lowest BCUT2D eigenvalue weighted by Crippen LogP contribution is -2.31. The van der Waals surface area contributed by atoms with Crippen molar-refractivity contribution < 1.29 is 4.79 Å². The Morgan fingerprint density at radius 3 is 2.59 bits per heavy atom. The Labute approximate surface area is 102 Å². The first-order valence-corrected chi connectivity index (χ1v) is 5.98. The number of nitrogens with one attached hydrogen (secondary N) is 1. The Balaban J connectivity index is 1.84. The Bertz CT molecular complexity index is 384. The molecule has 1 aromatic rings. The molecule has 0 saturated heterocycles. The quantitative estimate of drug-likeness (QED) is 0.803. The molecule has 4 heteroatoms. The van der Waals surface area contributed by atoms with Crippen molar-refractivity contribution in [3.8, 4) is 0 Å². The molecule has 1 saturated carbocycles. The van der Waals surface area contributed by atoms with Crippen molar-refractivity contribution in [2.45, 2.75) is 25.4 Å². The van der Waals surface area contributed by atoms with Gasteiger partial charge < -0.3 is 11.1 Å². The SMILES string of the molecule is CN(CC(=O)Nc1ccc(CN)cc1)C1CC1. The number of nitrogens with zero attached hydrogens (tertiary/aromatic N) is 1. The number of amides is 1. The number of carbonyl (C=O) groups excluding carboxylic acids is 1. The highest BCUT2D eigenvalue weighted by Crippen LogP contribution is 2.24. The minimum atomic E-state index is 0.0416. The summed E-state index contributed by atoms with van der Waals surface area (Å²) < 4.78 is 0. The number of likely N-dealkylation sites (N-methyl/N-ethyl adjacent to an activating group) is 1. The molecule has 0 unspecified atom stereocenters. The van der Waals surface area contributed by atoms with E-state index in [0.717, 1.165) is 11.3 Å². The van der Waals surface area contributed by atoms with E-state index in [4.69, 9.17) is 5.73 Å². The maximum absolute atomic E-state index is 11.7. The first-order chi connectivity index (χ1) is 8.19. The van der Waals surface area contributed by atoms with Crippen LogP contribution in [0.25, 0.3) is 0 Å². The Kier molecular flexibility index (Phi) is 3.76. The summed E-state index contributed by atoms with van der Waals surface area (Å²) in [7, 11) is 1.99. The van der Waals surface area contributed by atoms with Crippen LogP contribution in [0.5, 0.6) is 0 Å². The van der Waals surface area contributed by atoms with E-state index < -0.39 is 0 Å².